The first-order valence-corrected chi connectivity index (χ1v) is 33.8. The van der Waals surface area contributed by atoms with Crippen molar-refractivity contribution in [3.8, 4) is 31.7 Å². The Labute approximate surface area is 569 Å². The zero-order chi connectivity index (χ0) is 67.3. The van der Waals surface area contributed by atoms with E-state index < -0.39 is 18.3 Å². The van der Waals surface area contributed by atoms with Gasteiger partial charge in [-0.05, 0) is 140 Å². The average molecular weight is 1340 g/mol. The first-order valence-electron chi connectivity index (χ1n) is 31.2. The summed E-state index contributed by atoms with van der Waals surface area (Å²) < 4.78 is 0. The van der Waals surface area contributed by atoms with Crippen molar-refractivity contribution in [1.82, 2.24) is 60.2 Å². The molecule has 3 amide bonds. The molecule has 8 heterocycles. The van der Waals surface area contributed by atoms with Crippen LogP contribution in [0.25, 0.3) is 31.7 Å². The summed E-state index contributed by atoms with van der Waals surface area (Å²) in [5.41, 5.74) is 11.0. The van der Waals surface area contributed by atoms with Gasteiger partial charge in [0.15, 0.2) is 0 Å². The van der Waals surface area contributed by atoms with Crippen molar-refractivity contribution >= 4 is 86.6 Å². The summed E-state index contributed by atoms with van der Waals surface area (Å²) in [4.78, 5) is 77.6. The third-order valence-electron chi connectivity index (χ3n) is 15.4. The summed E-state index contributed by atoms with van der Waals surface area (Å²) in [6.45, 7) is 14.0. The van der Waals surface area contributed by atoms with E-state index in [1.807, 2.05) is 168 Å². The quantitative estimate of drug-likeness (QED) is 0.0313. The monoisotopic (exact) mass is 1340 g/mol. The minimum absolute atomic E-state index is 0.0290. The van der Waals surface area contributed by atoms with Gasteiger partial charge in [-0.15, -0.1) is 34.0 Å². The number of nitrogens with one attached hydrogen (secondary N) is 5. The second-order valence-corrected chi connectivity index (χ2v) is 25.3. The first kappa shape index (κ1) is 68.8. The Morgan fingerprint density at radius 1 is 0.490 bits per heavy atom. The van der Waals surface area contributed by atoms with Crippen LogP contribution in [0.1, 0.15) is 105 Å². The Balaban J connectivity index is 0.000000157. The van der Waals surface area contributed by atoms with Crippen LogP contribution < -0.4 is 26.6 Å². The normalized spacial score (nSPS) is 13.1. The lowest BCUT2D eigenvalue weighted by atomic mass is 10.1. The van der Waals surface area contributed by atoms with Crippen LogP contribution in [0.4, 0.5) is 34.9 Å². The zero-order valence-electron chi connectivity index (χ0n) is 53.7. The van der Waals surface area contributed by atoms with E-state index in [1.54, 1.807) is 63.7 Å². The topological polar surface area (TPSA) is 272 Å². The molecule has 1 aliphatic rings. The third kappa shape index (κ3) is 19.8. The molecule has 8 N–H and O–H groups in total. The molecular weight excluding hydrogens is 1270 g/mol. The molecule has 0 spiro atoms. The number of likely N-dealkylation sites (N-methyl/N-ethyl adjacent to an activating group) is 1. The van der Waals surface area contributed by atoms with Crippen molar-refractivity contribution < 1.29 is 29.7 Å². The lowest BCUT2D eigenvalue weighted by Gasteiger charge is -2.33. The number of amides is 3. The minimum Gasteiger partial charge on any atom is -0.389 e. The maximum Gasteiger partial charge on any atom is 0.254 e. The number of hydrogen-bond acceptors (Lipinski definition) is 21. The maximum absolute atomic E-state index is 12.9. The number of nitrogens with zero attached hydrogens (tertiary/aromatic N) is 10. The Kier molecular flexibility index (Phi) is 24.3. The maximum atomic E-state index is 12.9. The number of aliphatic hydroxyl groups excluding tert-OH is 3. The van der Waals surface area contributed by atoms with E-state index in [1.165, 1.54) is 34.0 Å². The van der Waals surface area contributed by atoms with Crippen molar-refractivity contribution in [1.29, 1.82) is 0 Å². The van der Waals surface area contributed by atoms with E-state index in [0.29, 0.717) is 54.3 Å². The van der Waals surface area contributed by atoms with E-state index in [2.05, 4.69) is 78.2 Å². The largest absolute Gasteiger partial charge is 0.389 e. The van der Waals surface area contributed by atoms with Crippen LogP contribution in [0.2, 0.25) is 0 Å². The zero-order valence-corrected chi connectivity index (χ0v) is 56.2. The summed E-state index contributed by atoms with van der Waals surface area (Å²) >= 11 is 4.41. The van der Waals surface area contributed by atoms with Gasteiger partial charge < -0.3 is 51.7 Å². The number of benzene rings is 4. The van der Waals surface area contributed by atoms with Gasteiger partial charge in [0.25, 0.3) is 17.7 Å². The standard InChI is InChI=1S/C25H24N4O2S.C24H30N6O2S.C23H21N5O2S/c1-17(30)19-9-6-10-21(13-19)27-25-26-12-11-22(28-25)23-14-20(16-32-23)24(31)29(2)15-18-7-4-3-5-8-18;1-3-29-9-11-30(12-10-29)16-26-23(32)19-14-22(33-15-19)21-7-8-25-24(28-21)27-20-6-4-5-18(13-20)17(2)31;1-15(29)17-3-2-4-19(11-17)27-23-25-10-7-20(28-23)21-12-18(14-31-21)22(30)26-13-16-5-8-24-9-6-16/h3-14,16-17,30H,15H2,1-2H3,(H,26,27,28);4-8,13-15,17,31H,3,9-12,16H2,1-2H3,(H,26,32)(H,25,27,28);2-12,14-15,29H,13H2,1H3,(H,26,30)(H,25,27,28). The summed E-state index contributed by atoms with van der Waals surface area (Å²) in [7, 11) is 1.81. The number of pyridine rings is 1. The lowest BCUT2D eigenvalue weighted by molar-refractivity contribution is 0.0784. The molecule has 3 atom stereocenters. The highest BCUT2D eigenvalue weighted by Gasteiger charge is 2.20. The van der Waals surface area contributed by atoms with E-state index in [4.69, 9.17) is 0 Å². The fourth-order valence-corrected chi connectivity index (χ4v) is 12.5. The number of thiophene rings is 3. The van der Waals surface area contributed by atoms with Gasteiger partial charge in [0.1, 0.15) is 0 Å². The molecular formula is C72H75N15O6S3. The number of carbonyl (C=O) groups is 3. The Bertz CT molecular complexity index is 4330. The highest BCUT2D eigenvalue weighted by molar-refractivity contribution is 7.14. The highest BCUT2D eigenvalue weighted by Crippen LogP contribution is 2.31. The van der Waals surface area contributed by atoms with Crippen LogP contribution >= 0.6 is 34.0 Å². The Hall–Kier alpha value is -10.0. The fraction of sp³-hybridized carbons (Fsp3) is 0.222. The molecule has 1 saturated heterocycles. The number of rotatable bonds is 22. The molecule has 3 unspecified atom stereocenters. The summed E-state index contributed by atoms with van der Waals surface area (Å²) in [5.74, 6) is 1.11. The second-order valence-electron chi connectivity index (χ2n) is 22.6. The number of piperazine rings is 1. The van der Waals surface area contributed by atoms with E-state index in [-0.39, 0.29) is 17.7 Å². The van der Waals surface area contributed by atoms with Crippen LogP contribution in [-0.2, 0) is 13.1 Å². The van der Waals surface area contributed by atoms with Crippen LogP contribution in [0.5, 0.6) is 0 Å². The molecule has 1 aliphatic heterocycles. The number of aliphatic hydroxyl groups is 3. The molecule has 492 valence electrons. The van der Waals surface area contributed by atoms with E-state index >= 15 is 0 Å². The van der Waals surface area contributed by atoms with Crippen molar-refractivity contribution in [2.45, 2.75) is 59.1 Å². The van der Waals surface area contributed by atoms with Gasteiger partial charge in [-0.25, -0.2) is 29.9 Å². The van der Waals surface area contributed by atoms with E-state index in [9.17, 15) is 29.7 Å². The van der Waals surface area contributed by atoms with Gasteiger partial charge in [-0.3, -0.25) is 24.3 Å². The molecule has 0 bridgehead atoms. The smallest absolute Gasteiger partial charge is 0.254 e. The van der Waals surface area contributed by atoms with E-state index in [0.717, 1.165) is 109 Å². The van der Waals surface area contributed by atoms with Gasteiger partial charge in [0.05, 0.1) is 73.4 Å². The predicted molar refractivity (Wildman–Crippen MR) is 381 cm³/mol. The second kappa shape index (κ2) is 33.9. The summed E-state index contributed by atoms with van der Waals surface area (Å²) in [5, 5.41) is 50.4. The molecule has 0 saturated carbocycles. The molecule has 4 aromatic carbocycles. The van der Waals surface area contributed by atoms with Gasteiger partial charge in [0.2, 0.25) is 17.8 Å². The van der Waals surface area contributed by atoms with Crippen LogP contribution in [0.15, 0.2) is 199 Å². The Morgan fingerprint density at radius 3 is 1.34 bits per heavy atom. The fourth-order valence-electron chi connectivity index (χ4n) is 9.93. The van der Waals surface area contributed by atoms with Crippen molar-refractivity contribution in [2.24, 2.45) is 0 Å². The molecule has 7 aromatic heterocycles. The lowest BCUT2D eigenvalue weighted by Crippen LogP contribution is -2.49. The molecule has 96 heavy (non-hydrogen) atoms. The highest BCUT2D eigenvalue weighted by atomic mass is 32.1. The first-order chi connectivity index (χ1) is 46.6. The SMILES string of the molecule is CC(O)c1cccc(Nc2nccc(-c3cc(C(=O)N(C)Cc4ccccc4)cs3)n2)c1.CC(O)c1cccc(Nc2nccc(-c3cc(C(=O)NCc4ccncc4)cs3)n2)c1.CCN1CCN(CNC(=O)c2csc(-c3ccnc(Nc4cccc(C(C)O)c4)n3)c2)CC1. The third-order valence-corrected chi connectivity index (χ3v) is 18.2. The van der Waals surface area contributed by atoms with Crippen molar-refractivity contribution in [3.63, 3.8) is 0 Å². The molecule has 0 aliphatic carbocycles. The van der Waals surface area contributed by atoms with Crippen LogP contribution in [-0.4, -0.2) is 129 Å². The average Bonchev–Trinajstić information content (AvgIpc) is 1.67. The van der Waals surface area contributed by atoms with Gasteiger partial charge in [-0.2, -0.15) is 0 Å². The van der Waals surface area contributed by atoms with Gasteiger partial charge >= 0.3 is 0 Å². The number of anilines is 6. The molecule has 11 aromatic rings. The molecule has 24 heteroatoms. The number of hydrogen-bond donors (Lipinski definition) is 8. The molecule has 21 nitrogen and oxygen atoms in total. The molecule has 1 fully saturated rings. The van der Waals surface area contributed by atoms with Crippen LogP contribution in [0, 0.1) is 0 Å². The summed E-state index contributed by atoms with van der Waals surface area (Å²) in [6, 6.07) is 47.2. The number of carbonyl (C=O) groups excluding carboxylic acids is 3. The van der Waals surface area contributed by atoms with Crippen LogP contribution in [0.3, 0.4) is 0 Å². The molecule has 0 radical (unpaired) electrons. The van der Waals surface area contributed by atoms with Gasteiger partial charge in [0, 0.05) is 111 Å². The summed E-state index contributed by atoms with van der Waals surface area (Å²) in [6.07, 6.45) is 6.80. The predicted octanol–water partition coefficient (Wildman–Crippen LogP) is 12.9. The van der Waals surface area contributed by atoms with Crippen molar-refractivity contribution in [3.05, 3.63) is 243 Å². The van der Waals surface area contributed by atoms with Crippen molar-refractivity contribution in [2.75, 3.05) is 62.4 Å². The van der Waals surface area contributed by atoms with Gasteiger partial charge in [-0.1, -0.05) is 73.7 Å². The molecule has 12 rings (SSSR count). The minimum atomic E-state index is -0.553. The Morgan fingerprint density at radius 2 is 0.906 bits per heavy atom. The number of aromatic nitrogens is 7.